The molecule has 1 aromatic carbocycles. The van der Waals surface area contributed by atoms with E-state index in [1.165, 1.54) is 12.2 Å². The summed E-state index contributed by atoms with van der Waals surface area (Å²) in [5.41, 5.74) is 2.69. The molecule has 1 aromatic rings. The maximum Gasteiger partial charge on any atom is 0.142 e. The summed E-state index contributed by atoms with van der Waals surface area (Å²) < 4.78 is 4.86. The summed E-state index contributed by atoms with van der Waals surface area (Å²) in [6.45, 7) is 0. The van der Waals surface area contributed by atoms with E-state index >= 15 is 0 Å². The third-order valence-corrected chi connectivity index (χ3v) is 2.13. The second-order valence-electron chi connectivity index (χ2n) is 3.46. The third-order valence-electron chi connectivity index (χ3n) is 2.13. The van der Waals surface area contributed by atoms with Crippen LogP contribution < -0.4 is 0 Å². The van der Waals surface area contributed by atoms with Crippen molar-refractivity contribution in [1.82, 2.24) is 0 Å². The van der Waals surface area contributed by atoms with Crippen molar-refractivity contribution in [3.8, 4) is 0 Å². The van der Waals surface area contributed by atoms with Crippen LogP contribution in [0.3, 0.4) is 0 Å². The first-order valence-electron chi connectivity index (χ1n) is 5.38. The molecule has 0 heterocycles. The number of hydrogen-bond acceptors (Lipinski definition) is 3. The highest BCUT2D eigenvalue weighted by atomic mass is 16.5. The molecule has 0 N–H and O–H groups in total. The van der Waals surface area contributed by atoms with Gasteiger partial charge in [0, 0.05) is 0 Å². The smallest absolute Gasteiger partial charge is 0.142 e. The van der Waals surface area contributed by atoms with Crippen LogP contribution in [0, 0.1) is 0 Å². The number of aldehydes is 2. The second kappa shape index (κ2) is 7.79. The molecule has 0 unspecified atom stereocenters. The lowest BCUT2D eigenvalue weighted by atomic mass is 10.0. The number of allylic oxidation sites excluding steroid dienone is 2. The van der Waals surface area contributed by atoms with E-state index in [1.54, 1.807) is 31.6 Å². The molecule has 3 nitrogen and oxygen atoms in total. The molecule has 0 aliphatic rings. The summed E-state index contributed by atoms with van der Waals surface area (Å²) in [6.07, 6.45) is 11.1. The Morgan fingerprint density at radius 3 is 1.67 bits per heavy atom. The van der Waals surface area contributed by atoms with Crippen molar-refractivity contribution in [1.29, 1.82) is 0 Å². The predicted octanol–water partition coefficient (Wildman–Crippen LogP) is 2.73. The molecule has 0 aromatic heterocycles. The van der Waals surface area contributed by atoms with Crippen molar-refractivity contribution < 1.29 is 14.3 Å². The van der Waals surface area contributed by atoms with Crippen LogP contribution in [-0.4, -0.2) is 19.7 Å². The quantitative estimate of drug-likeness (QED) is 0.437. The molecule has 0 aliphatic carbocycles. The maximum absolute atomic E-state index is 10.3. The topological polar surface area (TPSA) is 43.4 Å². The van der Waals surface area contributed by atoms with E-state index in [9.17, 15) is 9.59 Å². The van der Waals surface area contributed by atoms with E-state index in [1.807, 2.05) is 18.2 Å². The zero-order valence-corrected chi connectivity index (χ0v) is 10.1. The molecule has 0 saturated heterocycles. The van der Waals surface area contributed by atoms with Crippen molar-refractivity contribution in [3.05, 3.63) is 53.3 Å². The van der Waals surface area contributed by atoms with Gasteiger partial charge in [0.1, 0.15) is 12.6 Å². The van der Waals surface area contributed by atoms with Gasteiger partial charge in [-0.25, -0.2) is 0 Å². The van der Waals surface area contributed by atoms with E-state index in [4.69, 9.17) is 4.74 Å². The molecule has 0 bridgehead atoms. The first kappa shape index (κ1) is 13.6. The third kappa shape index (κ3) is 4.61. The van der Waals surface area contributed by atoms with Gasteiger partial charge in [-0.05, 0) is 53.1 Å². The molecule has 1 rings (SSSR count). The van der Waals surface area contributed by atoms with Crippen LogP contribution in [0.2, 0.25) is 0 Å². The first-order valence-corrected chi connectivity index (χ1v) is 5.38. The Morgan fingerprint density at radius 2 is 1.28 bits per heavy atom. The van der Waals surface area contributed by atoms with Crippen LogP contribution in [-0.2, 0) is 14.3 Å². The molecule has 0 radical (unpaired) electrons. The van der Waals surface area contributed by atoms with Crippen LogP contribution in [0.5, 0.6) is 0 Å². The SMILES string of the molecule is CO/C=C/c1cc(/C=C/C=O)cc(/C=C/C=O)c1. The van der Waals surface area contributed by atoms with Crippen LogP contribution in [0.4, 0.5) is 0 Å². The number of carbonyl (C=O) groups excluding carboxylic acids is 2. The normalized spacial score (nSPS) is 11.4. The van der Waals surface area contributed by atoms with Gasteiger partial charge < -0.3 is 4.74 Å². The molecule has 3 heteroatoms. The summed E-state index contributed by atoms with van der Waals surface area (Å²) in [5.74, 6) is 0. The Labute approximate surface area is 106 Å². The summed E-state index contributed by atoms with van der Waals surface area (Å²) in [7, 11) is 1.57. The molecule has 0 atom stereocenters. The fourth-order valence-electron chi connectivity index (χ4n) is 1.44. The van der Waals surface area contributed by atoms with Gasteiger partial charge in [0.25, 0.3) is 0 Å². The van der Waals surface area contributed by atoms with Gasteiger partial charge in [-0.2, -0.15) is 0 Å². The Hall–Kier alpha value is -2.42. The molecule has 0 amide bonds. The lowest BCUT2D eigenvalue weighted by Crippen LogP contribution is -1.82. The molecule has 0 fully saturated rings. The lowest BCUT2D eigenvalue weighted by Gasteiger charge is -2.01. The van der Waals surface area contributed by atoms with Gasteiger partial charge in [-0.15, -0.1) is 0 Å². The summed E-state index contributed by atoms with van der Waals surface area (Å²) in [4.78, 5) is 20.6. The van der Waals surface area contributed by atoms with Crippen LogP contribution in [0.25, 0.3) is 18.2 Å². The minimum atomic E-state index is 0.721. The minimum Gasteiger partial charge on any atom is -0.504 e. The molecule has 0 aliphatic heterocycles. The number of carbonyl (C=O) groups is 2. The highest BCUT2D eigenvalue weighted by Gasteiger charge is 1.95. The summed E-state index contributed by atoms with van der Waals surface area (Å²) in [6, 6.07) is 5.70. The highest BCUT2D eigenvalue weighted by Crippen LogP contribution is 2.14. The standard InChI is InChI=1S/C15H14O3/c1-18-9-6-15-11-13(4-2-7-16)10-14(12-15)5-3-8-17/h2-12H,1H3/b4-2+,5-3+,9-6+. The molecule has 18 heavy (non-hydrogen) atoms. The molecule has 0 spiro atoms. The second-order valence-corrected chi connectivity index (χ2v) is 3.46. The Morgan fingerprint density at radius 1 is 0.833 bits per heavy atom. The Bertz CT molecular complexity index is 460. The number of methoxy groups -OCH3 is 1. The molecular formula is C15H14O3. The summed E-state index contributed by atoms with van der Waals surface area (Å²) in [5, 5.41) is 0. The van der Waals surface area contributed by atoms with E-state index in [2.05, 4.69) is 0 Å². The monoisotopic (exact) mass is 242 g/mol. The van der Waals surface area contributed by atoms with E-state index < -0.39 is 0 Å². The van der Waals surface area contributed by atoms with Gasteiger partial charge in [0.15, 0.2) is 0 Å². The van der Waals surface area contributed by atoms with Crippen molar-refractivity contribution in [3.63, 3.8) is 0 Å². The van der Waals surface area contributed by atoms with E-state index in [0.717, 1.165) is 29.3 Å². The zero-order chi connectivity index (χ0) is 13.2. The Kier molecular flexibility index (Phi) is 5.90. The van der Waals surface area contributed by atoms with Gasteiger partial charge in [-0.3, -0.25) is 9.59 Å². The summed E-state index contributed by atoms with van der Waals surface area (Å²) >= 11 is 0. The van der Waals surface area contributed by atoms with Crippen molar-refractivity contribution in [2.75, 3.05) is 7.11 Å². The maximum atomic E-state index is 10.3. The number of ether oxygens (including phenoxy) is 1. The van der Waals surface area contributed by atoms with Crippen LogP contribution in [0.15, 0.2) is 36.6 Å². The van der Waals surface area contributed by atoms with Gasteiger partial charge in [0.05, 0.1) is 13.4 Å². The first-order chi connectivity index (χ1) is 8.80. The lowest BCUT2D eigenvalue weighted by molar-refractivity contribution is -0.104. The fraction of sp³-hybridized carbons (Fsp3) is 0.0667. The predicted molar refractivity (Wildman–Crippen MR) is 72.7 cm³/mol. The average Bonchev–Trinajstić information content (AvgIpc) is 2.40. The van der Waals surface area contributed by atoms with Crippen LogP contribution in [0.1, 0.15) is 16.7 Å². The van der Waals surface area contributed by atoms with Crippen molar-refractivity contribution in [2.24, 2.45) is 0 Å². The van der Waals surface area contributed by atoms with E-state index in [-0.39, 0.29) is 0 Å². The van der Waals surface area contributed by atoms with Gasteiger partial charge in [-0.1, -0.05) is 12.2 Å². The zero-order valence-electron chi connectivity index (χ0n) is 10.1. The average molecular weight is 242 g/mol. The van der Waals surface area contributed by atoms with Gasteiger partial charge >= 0.3 is 0 Å². The van der Waals surface area contributed by atoms with Crippen molar-refractivity contribution in [2.45, 2.75) is 0 Å². The van der Waals surface area contributed by atoms with Gasteiger partial charge in [0.2, 0.25) is 0 Å². The molecule has 0 saturated carbocycles. The van der Waals surface area contributed by atoms with Crippen molar-refractivity contribution >= 4 is 30.8 Å². The molecule has 92 valence electrons. The number of hydrogen-bond donors (Lipinski definition) is 0. The Balaban J connectivity index is 3.14. The highest BCUT2D eigenvalue weighted by molar-refractivity contribution is 5.77. The molecular weight excluding hydrogens is 228 g/mol. The number of benzene rings is 1. The minimum absolute atomic E-state index is 0.721. The fourth-order valence-corrected chi connectivity index (χ4v) is 1.44. The van der Waals surface area contributed by atoms with E-state index in [0.29, 0.717) is 0 Å². The van der Waals surface area contributed by atoms with Crippen LogP contribution >= 0.6 is 0 Å². The number of rotatable bonds is 6. The largest absolute Gasteiger partial charge is 0.504 e.